The molecule has 1 fully saturated rings. The standard InChI is InChI=1S/C12H12N4O2/c17-12(18)16-7-6-9(16)11-13-10(14-15-11)8-4-2-1-3-5-8/h1-5,9H,6-7H2,(H,17,18)(H,13,14,15)/t9-/m0/s1. The van der Waals surface area contributed by atoms with Crippen LogP contribution in [0.25, 0.3) is 11.4 Å². The van der Waals surface area contributed by atoms with Crippen molar-refractivity contribution in [2.75, 3.05) is 6.54 Å². The molecule has 1 aliphatic heterocycles. The van der Waals surface area contributed by atoms with Crippen molar-refractivity contribution in [3.8, 4) is 11.4 Å². The van der Waals surface area contributed by atoms with Crippen LogP contribution in [-0.2, 0) is 0 Å². The van der Waals surface area contributed by atoms with Crippen molar-refractivity contribution < 1.29 is 9.90 Å². The summed E-state index contributed by atoms with van der Waals surface area (Å²) in [5.41, 5.74) is 0.918. The number of rotatable bonds is 2. The number of hydrogen-bond donors (Lipinski definition) is 2. The van der Waals surface area contributed by atoms with Crippen LogP contribution in [0.15, 0.2) is 30.3 Å². The first-order chi connectivity index (χ1) is 8.75. The summed E-state index contributed by atoms with van der Waals surface area (Å²) in [6, 6.07) is 9.41. The molecule has 92 valence electrons. The molecule has 2 aromatic rings. The molecule has 1 aromatic heterocycles. The summed E-state index contributed by atoms with van der Waals surface area (Å²) in [6.07, 6.45) is -0.126. The molecule has 6 heteroatoms. The first-order valence-electron chi connectivity index (χ1n) is 5.73. The monoisotopic (exact) mass is 244 g/mol. The molecule has 0 aliphatic carbocycles. The van der Waals surface area contributed by atoms with Crippen molar-refractivity contribution in [1.29, 1.82) is 0 Å². The first kappa shape index (κ1) is 10.8. The number of H-pyrrole nitrogens is 1. The molecule has 2 N–H and O–H groups in total. The van der Waals surface area contributed by atoms with Crippen LogP contribution < -0.4 is 0 Å². The number of hydrogen-bond acceptors (Lipinski definition) is 3. The summed E-state index contributed by atoms with van der Waals surface area (Å²) in [5.74, 6) is 1.21. The van der Waals surface area contributed by atoms with Crippen LogP contribution in [0.4, 0.5) is 4.79 Å². The number of aromatic nitrogens is 3. The summed E-state index contributed by atoms with van der Waals surface area (Å²) in [5, 5.41) is 15.9. The maximum Gasteiger partial charge on any atom is 0.407 e. The number of likely N-dealkylation sites (tertiary alicyclic amines) is 1. The molecule has 0 radical (unpaired) electrons. The Labute approximate surface area is 103 Å². The molecule has 0 saturated carbocycles. The van der Waals surface area contributed by atoms with Gasteiger partial charge in [-0.05, 0) is 6.42 Å². The highest BCUT2D eigenvalue weighted by Gasteiger charge is 2.35. The lowest BCUT2D eigenvalue weighted by molar-refractivity contribution is 0.0716. The van der Waals surface area contributed by atoms with Crippen LogP contribution in [-0.4, -0.2) is 37.8 Å². The number of aromatic amines is 1. The Hall–Kier alpha value is -2.37. The van der Waals surface area contributed by atoms with Gasteiger partial charge in [0, 0.05) is 12.1 Å². The van der Waals surface area contributed by atoms with Gasteiger partial charge >= 0.3 is 6.09 Å². The second-order valence-corrected chi connectivity index (χ2v) is 4.19. The van der Waals surface area contributed by atoms with Gasteiger partial charge < -0.3 is 5.11 Å². The van der Waals surface area contributed by atoms with Crippen LogP contribution in [0.1, 0.15) is 18.3 Å². The van der Waals surface area contributed by atoms with Crippen LogP contribution in [0.5, 0.6) is 0 Å². The minimum Gasteiger partial charge on any atom is -0.465 e. The van der Waals surface area contributed by atoms with E-state index in [0.717, 1.165) is 12.0 Å². The van der Waals surface area contributed by atoms with E-state index in [4.69, 9.17) is 5.11 Å². The van der Waals surface area contributed by atoms with Crippen molar-refractivity contribution in [2.24, 2.45) is 0 Å². The summed E-state index contributed by atoms with van der Waals surface area (Å²) < 4.78 is 0. The molecule has 1 amide bonds. The number of carboxylic acid groups (broad SMARTS) is 1. The molecule has 1 saturated heterocycles. The quantitative estimate of drug-likeness (QED) is 0.845. The van der Waals surface area contributed by atoms with Crippen LogP contribution in [0, 0.1) is 0 Å². The second kappa shape index (κ2) is 4.14. The second-order valence-electron chi connectivity index (χ2n) is 4.19. The maximum absolute atomic E-state index is 10.9. The lowest BCUT2D eigenvalue weighted by atomic mass is 10.0. The SMILES string of the molecule is O=C(O)N1CC[C@H]1c1nc(-c2ccccc2)n[nH]1. The molecule has 2 heterocycles. The van der Waals surface area contributed by atoms with E-state index in [9.17, 15) is 4.79 Å². The zero-order chi connectivity index (χ0) is 12.5. The van der Waals surface area contributed by atoms with Gasteiger partial charge in [0.05, 0.1) is 6.04 Å². The molecule has 0 unspecified atom stereocenters. The molecular formula is C12H12N4O2. The van der Waals surface area contributed by atoms with E-state index in [0.29, 0.717) is 18.2 Å². The van der Waals surface area contributed by atoms with Gasteiger partial charge in [-0.25, -0.2) is 9.78 Å². The first-order valence-corrected chi connectivity index (χ1v) is 5.73. The Balaban J connectivity index is 1.84. The fraction of sp³-hybridized carbons (Fsp3) is 0.250. The van der Waals surface area contributed by atoms with Crippen LogP contribution in [0.2, 0.25) is 0 Å². The predicted octanol–water partition coefficient (Wildman–Crippen LogP) is 1.90. The smallest absolute Gasteiger partial charge is 0.407 e. The fourth-order valence-corrected chi connectivity index (χ4v) is 2.04. The van der Waals surface area contributed by atoms with E-state index in [1.807, 2.05) is 30.3 Å². The Kier molecular flexibility index (Phi) is 2.47. The van der Waals surface area contributed by atoms with Gasteiger partial charge in [-0.1, -0.05) is 30.3 Å². The van der Waals surface area contributed by atoms with Gasteiger partial charge in [0.25, 0.3) is 0 Å². The van der Waals surface area contributed by atoms with Gasteiger partial charge in [-0.15, -0.1) is 0 Å². The normalized spacial score (nSPS) is 18.4. The zero-order valence-electron chi connectivity index (χ0n) is 9.58. The number of nitrogens with one attached hydrogen (secondary N) is 1. The Bertz CT molecular complexity index is 566. The van der Waals surface area contributed by atoms with E-state index < -0.39 is 6.09 Å². The van der Waals surface area contributed by atoms with Gasteiger partial charge in [0.1, 0.15) is 5.82 Å². The van der Waals surface area contributed by atoms with Gasteiger partial charge in [0.15, 0.2) is 5.82 Å². The number of carbonyl (C=O) groups is 1. The Morgan fingerprint density at radius 1 is 1.39 bits per heavy atom. The summed E-state index contributed by atoms with van der Waals surface area (Å²) in [7, 11) is 0. The summed E-state index contributed by atoms with van der Waals surface area (Å²) >= 11 is 0. The molecule has 3 rings (SSSR count). The molecule has 1 aliphatic rings. The van der Waals surface area contributed by atoms with E-state index >= 15 is 0 Å². The van der Waals surface area contributed by atoms with Gasteiger partial charge in [-0.2, -0.15) is 5.10 Å². The molecule has 18 heavy (non-hydrogen) atoms. The Morgan fingerprint density at radius 2 is 2.17 bits per heavy atom. The largest absolute Gasteiger partial charge is 0.465 e. The lowest BCUT2D eigenvalue weighted by Gasteiger charge is -2.36. The summed E-state index contributed by atoms with van der Waals surface area (Å²) in [4.78, 5) is 16.6. The predicted molar refractivity (Wildman–Crippen MR) is 63.9 cm³/mol. The van der Waals surface area contributed by atoms with E-state index in [-0.39, 0.29) is 6.04 Å². The van der Waals surface area contributed by atoms with Crippen molar-refractivity contribution in [1.82, 2.24) is 20.1 Å². The van der Waals surface area contributed by atoms with Gasteiger partial charge in [0.2, 0.25) is 0 Å². The minimum atomic E-state index is -0.913. The molecule has 0 spiro atoms. The van der Waals surface area contributed by atoms with Crippen LogP contribution >= 0.6 is 0 Å². The average Bonchev–Trinajstić information content (AvgIpc) is 2.77. The lowest BCUT2D eigenvalue weighted by Crippen LogP contribution is -2.44. The molecular weight excluding hydrogens is 232 g/mol. The molecule has 1 aromatic carbocycles. The highest BCUT2D eigenvalue weighted by atomic mass is 16.4. The van der Waals surface area contributed by atoms with Crippen molar-refractivity contribution in [3.63, 3.8) is 0 Å². The third-order valence-electron chi connectivity index (χ3n) is 3.12. The topological polar surface area (TPSA) is 82.1 Å². The molecule has 6 nitrogen and oxygen atoms in total. The van der Waals surface area contributed by atoms with Crippen molar-refractivity contribution in [3.05, 3.63) is 36.2 Å². The minimum absolute atomic E-state index is 0.188. The fourth-order valence-electron chi connectivity index (χ4n) is 2.04. The average molecular weight is 244 g/mol. The van der Waals surface area contributed by atoms with E-state index in [2.05, 4.69) is 15.2 Å². The van der Waals surface area contributed by atoms with Crippen molar-refractivity contribution in [2.45, 2.75) is 12.5 Å². The van der Waals surface area contributed by atoms with Crippen molar-refractivity contribution >= 4 is 6.09 Å². The zero-order valence-corrected chi connectivity index (χ0v) is 9.58. The number of benzene rings is 1. The van der Waals surface area contributed by atoms with E-state index in [1.54, 1.807) is 0 Å². The Morgan fingerprint density at radius 3 is 2.78 bits per heavy atom. The third kappa shape index (κ3) is 1.71. The number of amides is 1. The summed E-state index contributed by atoms with van der Waals surface area (Å²) in [6.45, 7) is 0.557. The van der Waals surface area contributed by atoms with E-state index in [1.165, 1.54) is 4.90 Å². The third-order valence-corrected chi connectivity index (χ3v) is 3.12. The highest BCUT2D eigenvalue weighted by Crippen LogP contribution is 2.31. The van der Waals surface area contributed by atoms with Gasteiger partial charge in [-0.3, -0.25) is 10.00 Å². The highest BCUT2D eigenvalue weighted by molar-refractivity contribution is 5.66. The maximum atomic E-state index is 10.9. The van der Waals surface area contributed by atoms with Crippen LogP contribution in [0.3, 0.4) is 0 Å². The molecule has 1 atom stereocenters. The number of nitrogens with zero attached hydrogens (tertiary/aromatic N) is 3. The molecule has 0 bridgehead atoms.